The maximum atomic E-state index is 12.4. The van der Waals surface area contributed by atoms with Gasteiger partial charge in [-0.05, 0) is 62.0 Å². The van der Waals surface area contributed by atoms with Crippen LogP contribution < -0.4 is 14.8 Å². The Kier molecular flexibility index (Phi) is 6.79. The third-order valence-electron chi connectivity index (χ3n) is 3.16. The van der Waals surface area contributed by atoms with E-state index in [1.807, 2.05) is 13.8 Å². The van der Waals surface area contributed by atoms with Gasteiger partial charge in [-0.1, -0.05) is 0 Å². The van der Waals surface area contributed by atoms with E-state index in [1.165, 1.54) is 24.3 Å². The van der Waals surface area contributed by atoms with Gasteiger partial charge in [0, 0.05) is 16.5 Å². The van der Waals surface area contributed by atoms with E-state index >= 15 is 0 Å². The van der Waals surface area contributed by atoms with Gasteiger partial charge in [0.05, 0.1) is 18.9 Å². The predicted octanol–water partition coefficient (Wildman–Crippen LogP) is 5.35. The number of halogens is 3. The second-order valence-corrected chi connectivity index (χ2v) is 6.19. The molecule has 1 amide bonds. The van der Waals surface area contributed by atoms with Gasteiger partial charge in [0.2, 0.25) is 0 Å². The van der Waals surface area contributed by atoms with Gasteiger partial charge in [0.1, 0.15) is 11.5 Å². The maximum Gasteiger partial charge on any atom is 0.446 e. The molecule has 4 nitrogen and oxygen atoms in total. The zero-order valence-corrected chi connectivity index (χ0v) is 15.0. The molecule has 1 N–H and O–H groups in total. The first kappa shape index (κ1) is 20.0. The number of ether oxygens (including phenoxy) is 2. The van der Waals surface area contributed by atoms with Gasteiger partial charge in [-0.15, -0.1) is 0 Å². The van der Waals surface area contributed by atoms with Crippen LogP contribution in [0.3, 0.4) is 0 Å². The summed E-state index contributed by atoms with van der Waals surface area (Å²) in [5, 5.41) is 2.71. The van der Waals surface area contributed by atoms with Gasteiger partial charge >= 0.3 is 5.51 Å². The van der Waals surface area contributed by atoms with E-state index in [9.17, 15) is 18.0 Å². The summed E-state index contributed by atoms with van der Waals surface area (Å²) in [6, 6.07) is 10.3. The number of carbonyl (C=O) groups excluding carboxylic acids is 1. The summed E-state index contributed by atoms with van der Waals surface area (Å²) < 4.78 is 48.0. The van der Waals surface area contributed by atoms with Crippen LogP contribution in [0.5, 0.6) is 11.5 Å². The van der Waals surface area contributed by atoms with E-state index in [0.29, 0.717) is 30.4 Å². The van der Waals surface area contributed by atoms with Crippen LogP contribution in [-0.4, -0.2) is 24.6 Å². The highest BCUT2D eigenvalue weighted by Crippen LogP contribution is 2.37. The summed E-state index contributed by atoms with van der Waals surface area (Å²) in [5.74, 6) is 0.597. The highest BCUT2D eigenvalue weighted by molar-refractivity contribution is 8.00. The lowest BCUT2D eigenvalue weighted by molar-refractivity contribution is -0.0328. The molecule has 2 rings (SSSR count). The third kappa shape index (κ3) is 5.87. The Hall–Kier alpha value is -2.35. The van der Waals surface area contributed by atoms with E-state index in [-0.39, 0.29) is 22.2 Å². The Morgan fingerprint density at radius 1 is 1.04 bits per heavy atom. The second-order valence-electron chi connectivity index (χ2n) is 5.05. The van der Waals surface area contributed by atoms with Crippen LogP contribution in [0.15, 0.2) is 47.4 Å². The third-order valence-corrected chi connectivity index (χ3v) is 3.90. The lowest BCUT2D eigenvalue weighted by Gasteiger charge is -2.14. The van der Waals surface area contributed by atoms with Crippen LogP contribution in [0.4, 0.5) is 18.9 Å². The molecule has 0 aliphatic rings. The molecule has 0 heterocycles. The summed E-state index contributed by atoms with van der Waals surface area (Å²) in [5.41, 5.74) is -3.70. The number of anilines is 1. The molecule has 0 unspecified atom stereocenters. The van der Waals surface area contributed by atoms with E-state index in [4.69, 9.17) is 9.47 Å². The molecule has 26 heavy (non-hydrogen) atoms. The summed E-state index contributed by atoms with van der Waals surface area (Å²) in [4.78, 5) is 12.4. The second kappa shape index (κ2) is 8.84. The molecule has 0 fully saturated rings. The molecule has 0 bridgehead atoms. The van der Waals surface area contributed by atoms with E-state index in [0.717, 1.165) is 0 Å². The average Bonchev–Trinajstić information content (AvgIpc) is 2.57. The molecule has 0 spiro atoms. The van der Waals surface area contributed by atoms with Crippen LogP contribution in [0.1, 0.15) is 24.2 Å². The molecule has 2 aromatic rings. The summed E-state index contributed by atoms with van der Waals surface area (Å²) in [6.07, 6.45) is 0. The highest BCUT2D eigenvalue weighted by atomic mass is 32.2. The van der Waals surface area contributed by atoms with Gasteiger partial charge < -0.3 is 14.8 Å². The van der Waals surface area contributed by atoms with Crippen LogP contribution in [-0.2, 0) is 0 Å². The SMILES string of the molecule is CCOc1ccc(OCC)c(NC(=O)c2ccc(SC(F)(F)F)cc2)c1. The Morgan fingerprint density at radius 3 is 2.27 bits per heavy atom. The molecule has 0 aliphatic carbocycles. The van der Waals surface area contributed by atoms with Crippen molar-refractivity contribution >= 4 is 23.4 Å². The highest BCUT2D eigenvalue weighted by Gasteiger charge is 2.29. The van der Waals surface area contributed by atoms with Crippen LogP contribution in [0, 0.1) is 0 Å². The largest absolute Gasteiger partial charge is 0.494 e. The lowest BCUT2D eigenvalue weighted by Crippen LogP contribution is -2.13. The number of thioether (sulfide) groups is 1. The maximum absolute atomic E-state index is 12.4. The van der Waals surface area contributed by atoms with Gasteiger partial charge in [-0.3, -0.25) is 4.79 Å². The van der Waals surface area contributed by atoms with Crippen molar-refractivity contribution in [3.63, 3.8) is 0 Å². The Morgan fingerprint density at radius 2 is 1.69 bits per heavy atom. The van der Waals surface area contributed by atoms with Gasteiger partial charge in [0.15, 0.2) is 0 Å². The smallest absolute Gasteiger partial charge is 0.446 e. The first-order valence-corrected chi connectivity index (χ1v) is 8.71. The molecular weight excluding hydrogens is 367 g/mol. The predicted molar refractivity (Wildman–Crippen MR) is 95.1 cm³/mol. The molecule has 0 aromatic heterocycles. The molecule has 0 aliphatic heterocycles. The van der Waals surface area contributed by atoms with Crippen molar-refractivity contribution in [2.45, 2.75) is 24.3 Å². The molecule has 140 valence electrons. The fourth-order valence-electron chi connectivity index (χ4n) is 2.15. The van der Waals surface area contributed by atoms with Crippen molar-refractivity contribution in [2.75, 3.05) is 18.5 Å². The Balaban J connectivity index is 2.16. The first-order valence-electron chi connectivity index (χ1n) is 7.89. The lowest BCUT2D eigenvalue weighted by atomic mass is 10.2. The van der Waals surface area contributed by atoms with Crippen molar-refractivity contribution in [2.24, 2.45) is 0 Å². The number of alkyl halides is 3. The number of carbonyl (C=O) groups is 1. The van der Waals surface area contributed by atoms with E-state index < -0.39 is 11.4 Å². The summed E-state index contributed by atoms with van der Waals surface area (Å²) in [7, 11) is 0. The van der Waals surface area contributed by atoms with Gasteiger partial charge in [-0.25, -0.2) is 0 Å². The number of nitrogens with one attached hydrogen (secondary N) is 1. The van der Waals surface area contributed by atoms with Crippen molar-refractivity contribution < 1.29 is 27.4 Å². The van der Waals surface area contributed by atoms with Crippen LogP contribution >= 0.6 is 11.8 Å². The minimum Gasteiger partial charge on any atom is -0.494 e. The fraction of sp³-hybridized carbons (Fsp3) is 0.278. The molecule has 0 atom stereocenters. The number of benzene rings is 2. The summed E-state index contributed by atoms with van der Waals surface area (Å²) in [6.45, 7) is 4.55. The van der Waals surface area contributed by atoms with Crippen molar-refractivity contribution in [1.82, 2.24) is 0 Å². The van der Waals surface area contributed by atoms with Gasteiger partial charge in [0.25, 0.3) is 5.91 Å². The standard InChI is InChI=1S/C18H18F3NO3S/c1-3-24-13-7-10-16(25-4-2)15(11-13)22-17(23)12-5-8-14(9-6-12)26-18(19,20)21/h5-11H,3-4H2,1-2H3,(H,22,23). The van der Waals surface area contributed by atoms with Crippen molar-refractivity contribution in [3.8, 4) is 11.5 Å². The molecule has 0 saturated heterocycles. The quantitative estimate of drug-likeness (QED) is 0.653. The topological polar surface area (TPSA) is 47.6 Å². The normalized spacial score (nSPS) is 11.1. The van der Waals surface area contributed by atoms with E-state index in [2.05, 4.69) is 5.32 Å². The van der Waals surface area contributed by atoms with Crippen molar-refractivity contribution in [1.29, 1.82) is 0 Å². The Bertz CT molecular complexity index is 748. The van der Waals surface area contributed by atoms with E-state index in [1.54, 1.807) is 18.2 Å². The minimum atomic E-state index is -4.37. The zero-order valence-electron chi connectivity index (χ0n) is 14.2. The molecular formula is C18H18F3NO3S. The summed E-state index contributed by atoms with van der Waals surface area (Å²) >= 11 is -0.227. The van der Waals surface area contributed by atoms with Gasteiger partial charge in [-0.2, -0.15) is 13.2 Å². The van der Waals surface area contributed by atoms with Crippen LogP contribution in [0.2, 0.25) is 0 Å². The van der Waals surface area contributed by atoms with Crippen molar-refractivity contribution in [3.05, 3.63) is 48.0 Å². The fourth-order valence-corrected chi connectivity index (χ4v) is 2.69. The molecule has 2 aromatic carbocycles. The Labute approximate surface area is 153 Å². The molecule has 0 radical (unpaired) electrons. The number of hydrogen-bond donors (Lipinski definition) is 1. The number of amides is 1. The number of hydrogen-bond acceptors (Lipinski definition) is 4. The minimum absolute atomic E-state index is 0.0161. The zero-order chi connectivity index (χ0) is 19.2. The van der Waals surface area contributed by atoms with Crippen LogP contribution in [0.25, 0.3) is 0 Å². The molecule has 0 saturated carbocycles. The monoisotopic (exact) mass is 385 g/mol. The average molecular weight is 385 g/mol. The first-order chi connectivity index (χ1) is 12.3. The number of rotatable bonds is 7. The molecule has 8 heteroatoms.